The number of allylic oxidation sites excluding steroid dienone is 6. The zero-order valence-corrected chi connectivity index (χ0v) is 19.3. The van der Waals surface area contributed by atoms with Crippen molar-refractivity contribution in [1.82, 2.24) is 0 Å². The second kappa shape index (κ2) is 10.7. The highest BCUT2D eigenvalue weighted by Gasteiger charge is 2.27. The molecule has 1 aliphatic rings. The van der Waals surface area contributed by atoms with Gasteiger partial charge in [-0.05, 0) is 101 Å². The summed E-state index contributed by atoms with van der Waals surface area (Å²) in [6.07, 6.45) is 13.2. The smallest absolute Gasteiger partial charge is 0.335 e. The van der Waals surface area contributed by atoms with Crippen LogP contribution in [0.25, 0.3) is 0 Å². The SMILES string of the molecule is CC(=CCc1cc(C(=O)O)ccc1O)CCC=C(C)CCC1=C(C)CCCC1(C)C. The molecule has 0 saturated heterocycles. The molecular weight excluding hydrogens is 372 g/mol. The summed E-state index contributed by atoms with van der Waals surface area (Å²) in [5.41, 5.74) is 7.20. The van der Waals surface area contributed by atoms with Crippen molar-refractivity contribution >= 4 is 5.97 Å². The number of rotatable bonds is 9. The predicted octanol–water partition coefficient (Wildman–Crippen LogP) is 7.61. The molecule has 0 atom stereocenters. The summed E-state index contributed by atoms with van der Waals surface area (Å²) in [6.45, 7) is 11.4. The third kappa shape index (κ3) is 6.90. The van der Waals surface area contributed by atoms with E-state index in [2.05, 4.69) is 46.8 Å². The van der Waals surface area contributed by atoms with Crippen LogP contribution in [-0.4, -0.2) is 16.2 Å². The van der Waals surface area contributed by atoms with E-state index in [4.69, 9.17) is 5.11 Å². The minimum absolute atomic E-state index is 0.148. The van der Waals surface area contributed by atoms with E-state index in [0.29, 0.717) is 17.4 Å². The molecule has 3 heteroatoms. The largest absolute Gasteiger partial charge is 0.508 e. The number of aromatic hydroxyl groups is 1. The maximum atomic E-state index is 11.1. The summed E-state index contributed by atoms with van der Waals surface area (Å²) in [7, 11) is 0. The number of benzene rings is 1. The molecule has 0 heterocycles. The Balaban J connectivity index is 1.86. The fourth-order valence-corrected chi connectivity index (χ4v) is 4.47. The van der Waals surface area contributed by atoms with E-state index in [1.54, 1.807) is 17.2 Å². The van der Waals surface area contributed by atoms with Gasteiger partial charge in [0.2, 0.25) is 0 Å². The van der Waals surface area contributed by atoms with Crippen LogP contribution in [0.2, 0.25) is 0 Å². The van der Waals surface area contributed by atoms with Gasteiger partial charge in [-0.3, -0.25) is 0 Å². The minimum atomic E-state index is -0.972. The van der Waals surface area contributed by atoms with Gasteiger partial charge in [-0.1, -0.05) is 48.3 Å². The summed E-state index contributed by atoms with van der Waals surface area (Å²) in [4.78, 5) is 11.1. The Morgan fingerprint density at radius 1 is 1.13 bits per heavy atom. The average molecular weight is 411 g/mol. The van der Waals surface area contributed by atoms with Crippen LogP contribution >= 0.6 is 0 Å². The van der Waals surface area contributed by atoms with Gasteiger partial charge in [0.1, 0.15) is 5.75 Å². The first-order chi connectivity index (χ1) is 14.1. The lowest BCUT2D eigenvalue weighted by atomic mass is 9.71. The number of phenolic OH excluding ortho intramolecular Hbond substituents is 1. The van der Waals surface area contributed by atoms with Crippen molar-refractivity contribution in [2.75, 3.05) is 0 Å². The van der Waals surface area contributed by atoms with Gasteiger partial charge in [0.05, 0.1) is 5.56 Å². The number of carbonyl (C=O) groups is 1. The molecule has 0 fully saturated rings. The van der Waals surface area contributed by atoms with Gasteiger partial charge in [0, 0.05) is 0 Å². The predicted molar refractivity (Wildman–Crippen MR) is 125 cm³/mol. The fraction of sp³-hybridized carbons (Fsp3) is 0.519. The Labute approximate surface area is 182 Å². The molecule has 0 spiro atoms. The van der Waals surface area contributed by atoms with Crippen molar-refractivity contribution in [3.63, 3.8) is 0 Å². The van der Waals surface area contributed by atoms with Gasteiger partial charge in [-0.25, -0.2) is 4.79 Å². The molecule has 1 aliphatic carbocycles. The molecule has 164 valence electrons. The van der Waals surface area contributed by atoms with Crippen molar-refractivity contribution in [3.8, 4) is 5.75 Å². The summed E-state index contributed by atoms with van der Waals surface area (Å²) >= 11 is 0. The van der Waals surface area contributed by atoms with E-state index in [1.165, 1.54) is 49.0 Å². The third-order valence-corrected chi connectivity index (χ3v) is 6.48. The molecule has 30 heavy (non-hydrogen) atoms. The number of aromatic carboxylic acids is 1. The molecule has 1 aromatic carbocycles. The van der Waals surface area contributed by atoms with Crippen LogP contribution in [0.15, 0.2) is 52.6 Å². The van der Waals surface area contributed by atoms with E-state index in [9.17, 15) is 9.90 Å². The zero-order valence-electron chi connectivity index (χ0n) is 19.3. The Morgan fingerprint density at radius 2 is 1.83 bits per heavy atom. The first kappa shape index (κ1) is 24.0. The van der Waals surface area contributed by atoms with E-state index in [-0.39, 0.29) is 11.3 Å². The lowest BCUT2D eigenvalue weighted by molar-refractivity contribution is 0.0696. The number of hydrogen-bond donors (Lipinski definition) is 2. The normalized spacial score (nSPS) is 17.4. The van der Waals surface area contributed by atoms with Gasteiger partial charge in [0.15, 0.2) is 0 Å². The van der Waals surface area contributed by atoms with Crippen LogP contribution in [0.3, 0.4) is 0 Å². The molecule has 0 saturated carbocycles. The van der Waals surface area contributed by atoms with Crippen LogP contribution in [0.5, 0.6) is 5.75 Å². The molecule has 2 N–H and O–H groups in total. The van der Waals surface area contributed by atoms with Gasteiger partial charge in [0.25, 0.3) is 0 Å². The van der Waals surface area contributed by atoms with Crippen LogP contribution in [0.1, 0.15) is 95.5 Å². The summed E-state index contributed by atoms with van der Waals surface area (Å²) < 4.78 is 0. The fourth-order valence-electron chi connectivity index (χ4n) is 4.47. The van der Waals surface area contributed by atoms with Gasteiger partial charge in [-0.2, -0.15) is 0 Å². The molecule has 0 radical (unpaired) electrons. The maximum Gasteiger partial charge on any atom is 0.335 e. The molecular formula is C27H38O3. The lowest BCUT2D eigenvalue weighted by Crippen LogP contribution is -2.20. The summed E-state index contributed by atoms with van der Waals surface area (Å²) in [5, 5.41) is 19.1. The number of carboxylic acids is 1. The lowest BCUT2D eigenvalue weighted by Gasteiger charge is -2.35. The highest BCUT2D eigenvalue weighted by molar-refractivity contribution is 5.88. The molecule has 0 aromatic heterocycles. The second-order valence-corrected chi connectivity index (χ2v) is 9.49. The highest BCUT2D eigenvalue weighted by Crippen LogP contribution is 2.42. The zero-order chi connectivity index (χ0) is 22.3. The van der Waals surface area contributed by atoms with E-state index in [1.807, 2.05) is 0 Å². The first-order valence-electron chi connectivity index (χ1n) is 11.2. The van der Waals surface area contributed by atoms with Crippen LogP contribution in [0.4, 0.5) is 0 Å². The Hall–Kier alpha value is -2.29. The van der Waals surface area contributed by atoms with Crippen molar-refractivity contribution in [1.29, 1.82) is 0 Å². The van der Waals surface area contributed by atoms with Crippen molar-refractivity contribution in [2.45, 2.75) is 86.0 Å². The monoisotopic (exact) mass is 410 g/mol. The first-order valence-corrected chi connectivity index (χ1v) is 11.2. The Kier molecular flexibility index (Phi) is 8.52. The Morgan fingerprint density at radius 3 is 2.50 bits per heavy atom. The summed E-state index contributed by atoms with van der Waals surface area (Å²) in [6, 6.07) is 4.44. The average Bonchev–Trinajstić information content (AvgIpc) is 2.66. The standard InChI is InChI=1S/C27H38O3/c1-19(11-13-22-18-23(26(29)30)14-16-25(22)28)8-6-9-20(2)12-15-24-21(3)10-7-17-27(24,4)5/h9,11,14,16,18,28H,6-8,10,12-13,15,17H2,1-5H3,(H,29,30). The molecule has 0 amide bonds. The summed E-state index contributed by atoms with van der Waals surface area (Å²) in [5.74, 6) is -0.824. The topological polar surface area (TPSA) is 57.5 Å². The van der Waals surface area contributed by atoms with Crippen molar-refractivity contribution in [3.05, 3.63) is 63.8 Å². The molecule has 2 rings (SSSR count). The molecule has 0 aliphatic heterocycles. The number of phenols is 1. The van der Waals surface area contributed by atoms with E-state index < -0.39 is 5.97 Å². The third-order valence-electron chi connectivity index (χ3n) is 6.48. The molecule has 0 unspecified atom stereocenters. The number of carboxylic acid groups (broad SMARTS) is 1. The molecule has 0 bridgehead atoms. The van der Waals surface area contributed by atoms with Crippen molar-refractivity contribution < 1.29 is 15.0 Å². The van der Waals surface area contributed by atoms with Crippen LogP contribution in [-0.2, 0) is 6.42 Å². The van der Waals surface area contributed by atoms with E-state index >= 15 is 0 Å². The van der Waals surface area contributed by atoms with E-state index in [0.717, 1.165) is 19.3 Å². The van der Waals surface area contributed by atoms with Crippen LogP contribution in [0, 0.1) is 5.41 Å². The highest BCUT2D eigenvalue weighted by atomic mass is 16.4. The Bertz CT molecular complexity index is 853. The molecule has 1 aromatic rings. The quantitative estimate of drug-likeness (QED) is 0.412. The van der Waals surface area contributed by atoms with Crippen molar-refractivity contribution in [2.24, 2.45) is 5.41 Å². The van der Waals surface area contributed by atoms with Gasteiger partial charge >= 0.3 is 5.97 Å². The molecule has 3 nitrogen and oxygen atoms in total. The maximum absolute atomic E-state index is 11.1. The minimum Gasteiger partial charge on any atom is -0.508 e. The van der Waals surface area contributed by atoms with Gasteiger partial charge in [-0.15, -0.1) is 0 Å². The second-order valence-electron chi connectivity index (χ2n) is 9.49. The number of hydrogen-bond acceptors (Lipinski definition) is 2. The van der Waals surface area contributed by atoms with Crippen LogP contribution < -0.4 is 0 Å². The van der Waals surface area contributed by atoms with Gasteiger partial charge < -0.3 is 10.2 Å².